The molecule has 0 aliphatic carbocycles. The number of hydrogen-bond donors (Lipinski definition) is 4. The fourth-order valence-electron chi connectivity index (χ4n) is 9.98. The molecule has 0 bridgehead atoms. The Bertz CT molecular complexity index is 2440. The number of carbonyl (C=O) groups is 2. The van der Waals surface area contributed by atoms with Crippen LogP contribution in [-0.2, 0) is 9.59 Å². The molecule has 4 N–H and O–H groups in total. The van der Waals surface area contributed by atoms with E-state index in [1.807, 2.05) is 81.7 Å². The van der Waals surface area contributed by atoms with Crippen molar-refractivity contribution in [3.05, 3.63) is 83.2 Å². The summed E-state index contributed by atoms with van der Waals surface area (Å²) in [4.78, 5) is 42.4. The van der Waals surface area contributed by atoms with E-state index < -0.39 is 18.1 Å². The van der Waals surface area contributed by atoms with E-state index in [1.165, 1.54) is 4.90 Å². The first-order valence-electron chi connectivity index (χ1n) is 23.0. The number of rotatable bonds is 14. The number of piperazine rings is 1. The number of thiazole rings is 1. The van der Waals surface area contributed by atoms with Crippen molar-refractivity contribution in [1.29, 1.82) is 0 Å². The molecule has 344 valence electrons. The second-order valence-electron chi connectivity index (χ2n) is 18.4. The summed E-state index contributed by atoms with van der Waals surface area (Å²) in [5.74, 6) is 0.887. The molecule has 5 aromatic rings. The van der Waals surface area contributed by atoms with Gasteiger partial charge >= 0.3 is 0 Å². The van der Waals surface area contributed by atoms with E-state index in [1.54, 1.807) is 23.5 Å². The average Bonchev–Trinajstić information content (AvgIpc) is 4.07. The highest BCUT2D eigenvalue weighted by Gasteiger charge is 2.44. The van der Waals surface area contributed by atoms with E-state index in [0.717, 1.165) is 98.4 Å². The number of phenolic OH excluding ortho intramolecular Hbond substituents is 1. The van der Waals surface area contributed by atoms with Gasteiger partial charge in [0.25, 0.3) is 5.88 Å². The fraction of sp³-hybridized carbons (Fsp3) is 0.500. The second kappa shape index (κ2) is 19.5. The van der Waals surface area contributed by atoms with Crippen LogP contribution in [0.4, 0.5) is 11.5 Å². The third-order valence-corrected chi connectivity index (χ3v) is 14.6. The number of aromatic hydroxyl groups is 1. The average molecular weight is 905 g/mol. The lowest BCUT2D eigenvalue weighted by Crippen LogP contribution is -2.58. The Morgan fingerprint density at radius 3 is 2.55 bits per heavy atom. The number of nitrogens with zero attached hydrogens (tertiary/aromatic N) is 8. The molecule has 4 aliphatic heterocycles. The highest BCUT2D eigenvalue weighted by atomic mass is 32.1. The summed E-state index contributed by atoms with van der Waals surface area (Å²) in [5, 5.41) is 40.7. The van der Waals surface area contributed by atoms with Gasteiger partial charge in [-0.15, -0.1) is 21.5 Å². The monoisotopic (exact) mass is 904 g/mol. The van der Waals surface area contributed by atoms with Gasteiger partial charge in [0.05, 0.1) is 45.7 Å². The van der Waals surface area contributed by atoms with Crippen LogP contribution in [0.15, 0.2) is 70.7 Å². The van der Waals surface area contributed by atoms with Gasteiger partial charge in [-0.2, -0.15) is 0 Å². The van der Waals surface area contributed by atoms with Gasteiger partial charge in [-0.3, -0.25) is 19.4 Å². The number of β-amino-alcohol motifs (C(OH)–C–C–N with tert-alkyl or cyclic N) is 1. The van der Waals surface area contributed by atoms with Crippen molar-refractivity contribution in [1.82, 2.24) is 40.4 Å². The molecule has 5 atom stereocenters. The number of nitrogens with one attached hydrogen (secondary N) is 2. The van der Waals surface area contributed by atoms with Gasteiger partial charge in [-0.25, -0.2) is 4.98 Å². The van der Waals surface area contributed by atoms with Crippen molar-refractivity contribution < 1.29 is 29.1 Å². The zero-order chi connectivity index (χ0) is 45.2. The van der Waals surface area contributed by atoms with Crippen LogP contribution in [-0.4, -0.2) is 141 Å². The van der Waals surface area contributed by atoms with Gasteiger partial charge in [0.2, 0.25) is 11.8 Å². The van der Waals surface area contributed by atoms with Gasteiger partial charge in [-0.1, -0.05) is 50.2 Å². The molecule has 9 rings (SSSR count). The summed E-state index contributed by atoms with van der Waals surface area (Å²) >= 11 is 1.59. The summed E-state index contributed by atoms with van der Waals surface area (Å²) in [7, 11) is 0. The SMILES string of the molecule is Cc1ncsc1-c1ccc([C@H](C)NC(=O)[C@@H]2C[C@@H](O)CN2C(=O)[C@@H](c2cc(OCCN3CCC(CN4CCN5c6cc(-c7ccccc7O)nnc6NCC5C4)CC3)no2)C(C)C)cc1. The Labute approximate surface area is 384 Å². The van der Waals surface area contributed by atoms with Gasteiger partial charge in [0.1, 0.15) is 24.3 Å². The van der Waals surface area contributed by atoms with Gasteiger partial charge in [0, 0.05) is 63.9 Å². The number of aliphatic hydroxyl groups is 1. The second-order valence-corrected chi connectivity index (χ2v) is 19.3. The summed E-state index contributed by atoms with van der Waals surface area (Å²) in [6.07, 6.45) is 1.60. The minimum atomic E-state index is -0.817. The minimum absolute atomic E-state index is 0.0643. The molecule has 0 saturated carbocycles. The van der Waals surface area contributed by atoms with Crippen LogP contribution >= 0.6 is 11.3 Å². The van der Waals surface area contributed by atoms with Gasteiger partial charge in [0.15, 0.2) is 11.6 Å². The first-order valence-corrected chi connectivity index (χ1v) is 23.9. The highest BCUT2D eigenvalue weighted by Crippen LogP contribution is 2.37. The Hall–Kier alpha value is -5.62. The maximum atomic E-state index is 14.2. The molecule has 3 aromatic heterocycles. The lowest BCUT2D eigenvalue weighted by atomic mass is 9.91. The molecule has 17 heteroatoms. The molecule has 0 radical (unpaired) electrons. The third-order valence-electron chi connectivity index (χ3n) is 13.6. The highest BCUT2D eigenvalue weighted by molar-refractivity contribution is 7.13. The number of aromatic nitrogens is 4. The molecule has 1 unspecified atom stereocenters. The maximum absolute atomic E-state index is 14.2. The van der Waals surface area contributed by atoms with Crippen LogP contribution in [0, 0.1) is 18.8 Å². The third kappa shape index (κ3) is 9.83. The molecule has 4 aliphatic rings. The Morgan fingerprint density at radius 2 is 1.80 bits per heavy atom. The van der Waals surface area contributed by atoms with Crippen LogP contribution in [0.25, 0.3) is 21.7 Å². The number of ether oxygens (including phenoxy) is 1. The van der Waals surface area contributed by atoms with Crippen molar-refractivity contribution in [2.24, 2.45) is 11.8 Å². The number of amides is 2. The summed E-state index contributed by atoms with van der Waals surface area (Å²) in [6.45, 7) is 15.8. The van der Waals surface area contributed by atoms with Crippen molar-refractivity contribution in [3.63, 3.8) is 0 Å². The number of para-hydroxylation sites is 1. The molecule has 0 spiro atoms. The quantitative estimate of drug-likeness (QED) is 0.109. The van der Waals surface area contributed by atoms with Crippen molar-refractivity contribution in [2.45, 2.75) is 77.1 Å². The Kier molecular flexibility index (Phi) is 13.3. The number of phenols is 1. The van der Waals surface area contributed by atoms with Crippen LogP contribution in [0.5, 0.6) is 11.6 Å². The van der Waals surface area contributed by atoms with E-state index in [9.17, 15) is 19.8 Å². The first-order chi connectivity index (χ1) is 31.5. The number of anilines is 2. The van der Waals surface area contributed by atoms with Crippen molar-refractivity contribution in [3.8, 4) is 33.3 Å². The van der Waals surface area contributed by atoms with Gasteiger partial charge in [-0.05, 0) is 86.1 Å². The molecule has 65 heavy (non-hydrogen) atoms. The molecular formula is C48H60N10O6S. The number of benzene rings is 2. The predicted molar refractivity (Wildman–Crippen MR) is 249 cm³/mol. The standard InChI is InChI=1S/C48H60N10O6S/c1-29(2)44(48(62)58-27-36(59)21-40(58)47(61)51-30(3)33-9-11-34(12-10-33)45-31(4)50-28-65-45)42-23-43(54-64-42)63-20-19-55-15-13-32(14-16-55)25-56-17-18-57-35(26-56)24-49-46-39(57)22-38(52-53-46)37-7-5-6-8-41(37)60/h5-12,22-23,28-30,32,35-36,40,44,59-60H,13-21,24-27H2,1-4H3,(H,49,53)(H,51,61)/t30-,35?,36+,40-,44+/m0/s1. The number of aliphatic hydroxyl groups excluding tert-OH is 1. The molecular weight excluding hydrogens is 845 g/mol. The van der Waals surface area contributed by atoms with Gasteiger partial charge < -0.3 is 39.9 Å². The maximum Gasteiger partial charge on any atom is 0.254 e. The number of piperidine rings is 1. The number of fused-ring (bicyclic) bond motifs is 3. The van der Waals surface area contributed by atoms with E-state index in [2.05, 4.69) is 45.7 Å². The molecule has 2 aromatic carbocycles. The molecule has 7 heterocycles. The Balaban J connectivity index is 0.725. The van der Waals surface area contributed by atoms with E-state index >= 15 is 0 Å². The number of aryl methyl sites for hydroxylation is 1. The van der Waals surface area contributed by atoms with Crippen molar-refractivity contribution in [2.75, 3.05) is 75.7 Å². The summed E-state index contributed by atoms with van der Waals surface area (Å²) in [6, 6.07) is 18.3. The lowest BCUT2D eigenvalue weighted by molar-refractivity contribution is -0.141. The van der Waals surface area contributed by atoms with Crippen LogP contribution in [0.1, 0.15) is 69.0 Å². The molecule has 16 nitrogen and oxygen atoms in total. The van der Waals surface area contributed by atoms with E-state index in [0.29, 0.717) is 41.5 Å². The van der Waals surface area contributed by atoms with Crippen molar-refractivity contribution >= 4 is 34.7 Å². The van der Waals surface area contributed by atoms with E-state index in [-0.39, 0.29) is 42.5 Å². The first kappa shape index (κ1) is 44.6. The van der Waals surface area contributed by atoms with Crippen LogP contribution in [0.2, 0.25) is 0 Å². The largest absolute Gasteiger partial charge is 0.507 e. The topological polar surface area (TPSA) is 186 Å². The number of carbonyl (C=O) groups excluding carboxylic acids is 2. The fourth-order valence-corrected chi connectivity index (χ4v) is 10.8. The summed E-state index contributed by atoms with van der Waals surface area (Å²) in [5.41, 5.74) is 7.23. The molecule has 3 saturated heterocycles. The number of likely N-dealkylation sites (tertiary alicyclic amines) is 2. The zero-order valence-corrected chi connectivity index (χ0v) is 38.4. The number of hydrogen-bond acceptors (Lipinski definition) is 15. The molecule has 2 amide bonds. The minimum Gasteiger partial charge on any atom is -0.507 e. The smallest absolute Gasteiger partial charge is 0.254 e. The van der Waals surface area contributed by atoms with Crippen LogP contribution < -0.4 is 20.3 Å². The zero-order valence-electron chi connectivity index (χ0n) is 37.6. The lowest BCUT2D eigenvalue weighted by Gasteiger charge is -2.47. The predicted octanol–water partition coefficient (Wildman–Crippen LogP) is 5.56. The molecule has 3 fully saturated rings. The Morgan fingerprint density at radius 1 is 1.00 bits per heavy atom. The summed E-state index contributed by atoms with van der Waals surface area (Å²) < 4.78 is 11.8. The normalized spacial score (nSPS) is 21.4. The van der Waals surface area contributed by atoms with Crippen LogP contribution in [0.3, 0.4) is 0 Å². The van der Waals surface area contributed by atoms with E-state index in [4.69, 9.17) is 9.26 Å².